The number of pyridine rings is 1. The molecule has 0 amide bonds. The van der Waals surface area contributed by atoms with Crippen molar-refractivity contribution in [2.24, 2.45) is 0 Å². The Labute approximate surface area is 187 Å². The lowest BCUT2D eigenvalue weighted by molar-refractivity contribution is 0.356. The highest BCUT2D eigenvalue weighted by Crippen LogP contribution is 2.35. The second kappa shape index (κ2) is 8.48. The molecule has 0 saturated heterocycles. The van der Waals surface area contributed by atoms with E-state index in [9.17, 15) is 0 Å². The fraction of sp³-hybridized carbons (Fsp3) is 0.192. The van der Waals surface area contributed by atoms with Crippen LogP contribution in [0.2, 0.25) is 0 Å². The molecule has 0 unspecified atom stereocenters. The smallest absolute Gasteiger partial charge is 0.161 e. The molecule has 5 aromatic rings. The zero-order valence-electron chi connectivity index (χ0n) is 17.9. The molecule has 0 bridgehead atoms. The van der Waals surface area contributed by atoms with Gasteiger partial charge in [-0.15, -0.1) is 12.4 Å². The maximum atomic E-state index is 5.52. The van der Waals surface area contributed by atoms with Gasteiger partial charge in [-0.1, -0.05) is 24.3 Å². The number of aryl methyl sites for hydroxylation is 1. The first-order valence-electron chi connectivity index (χ1n) is 10.2. The van der Waals surface area contributed by atoms with E-state index in [4.69, 9.17) is 9.47 Å². The predicted octanol–water partition coefficient (Wildman–Crippen LogP) is 6.39. The van der Waals surface area contributed by atoms with E-state index < -0.39 is 0 Å². The van der Waals surface area contributed by atoms with Gasteiger partial charge in [0.05, 0.1) is 14.2 Å². The summed E-state index contributed by atoms with van der Waals surface area (Å²) in [5.41, 5.74) is 5.01. The molecule has 0 fully saturated rings. The van der Waals surface area contributed by atoms with Crippen molar-refractivity contribution >= 4 is 45.0 Å². The molecule has 0 atom stereocenters. The molecule has 0 aliphatic rings. The van der Waals surface area contributed by atoms with Crippen LogP contribution in [0, 0.1) is 0 Å². The van der Waals surface area contributed by atoms with E-state index in [0.717, 1.165) is 35.2 Å². The SMILES string of the molecule is CCn1c2ccccc2c2cc(Cc3cncc4cc(OC)c(OC)cc34)ccc21.Cl. The van der Waals surface area contributed by atoms with Crippen molar-refractivity contribution in [2.75, 3.05) is 14.2 Å². The second-order valence-electron chi connectivity index (χ2n) is 7.52. The van der Waals surface area contributed by atoms with Crippen molar-refractivity contribution in [3.8, 4) is 11.5 Å². The molecule has 2 aromatic heterocycles. The van der Waals surface area contributed by atoms with Crippen molar-refractivity contribution < 1.29 is 9.47 Å². The molecule has 0 radical (unpaired) electrons. The van der Waals surface area contributed by atoms with Crippen LogP contribution < -0.4 is 9.47 Å². The first-order chi connectivity index (χ1) is 14.7. The standard InChI is InChI=1S/C26H24N2O2.ClH/c1-4-28-23-8-6-5-7-20(23)22-12-17(9-10-24(22)28)11-18-15-27-16-19-13-25(29-2)26(30-3)14-21(18)19;/h5-10,12-16H,4,11H2,1-3H3;1H. The molecule has 158 valence electrons. The molecule has 31 heavy (non-hydrogen) atoms. The summed E-state index contributed by atoms with van der Waals surface area (Å²) in [5.74, 6) is 1.46. The fourth-order valence-corrected chi connectivity index (χ4v) is 4.47. The van der Waals surface area contributed by atoms with Crippen LogP contribution in [0.4, 0.5) is 0 Å². The van der Waals surface area contributed by atoms with Gasteiger partial charge in [-0.3, -0.25) is 4.98 Å². The van der Waals surface area contributed by atoms with Crippen LogP contribution in [0.15, 0.2) is 67.0 Å². The van der Waals surface area contributed by atoms with Crippen LogP contribution in [0.3, 0.4) is 0 Å². The molecular weight excluding hydrogens is 408 g/mol. The number of para-hydroxylation sites is 1. The van der Waals surface area contributed by atoms with Crippen LogP contribution in [0.1, 0.15) is 18.1 Å². The number of ether oxygens (including phenoxy) is 2. The highest BCUT2D eigenvalue weighted by Gasteiger charge is 2.12. The van der Waals surface area contributed by atoms with Gasteiger partial charge in [0.25, 0.3) is 0 Å². The number of rotatable bonds is 5. The van der Waals surface area contributed by atoms with E-state index in [1.54, 1.807) is 14.2 Å². The summed E-state index contributed by atoms with van der Waals surface area (Å²) in [5, 5.41) is 4.79. The largest absolute Gasteiger partial charge is 0.493 e. The Balaban J connectivity index is 0.00000231. The molecule has 3 aromatic carbocycles. The van der Waals surface area contributed by atoms with Gasteiger partial charge in [0, 0.05) is 46.1 Å². The number of benzene rings is 3. The van der Waals surface area contributed by atoms with Crippen LogP contribution >= 0.6 is 12.4 Å². The van der Waals surface area contributed by atoms with Crippen molar-refractivity contribution in [3.63, 3.8) is 0 Å². The molecule has 0 N–H and O–H groups in total. The maximum absolute atomic E-state index is 5.52. The van der Waals surface area contributed by atoms with Crippen LogP contribution in [0.5, 0.6) is 11.5 Å². The van der Waals surface area contributed by atoms with E-state index >= 15 is 0 Å². The third kappa shape index (κ3) is 3.47. The predicted molar refractivity (Wildman–Crippen MR) is 130 cm³/mol. The molecular formula is C26H25ClN2O2. The van der Waals surface area contributed by atoms with Gasteiger partial charge in [0.1, 0.15) is 0 Å². The highest BCUT2D eigenvalue weighted by atomic mass is 35.5. The van der Waals surface area contributed by atoms with Gasteiger partial charge in [0.15, 0.2) is 11.5 Å². The average Bonchev–Trinajstić information content (AvgIpc) is 3.11. The van der Waals surface area contributed by atoms with E-state index in [0.29, 0.717) is 0 Å². The number of halogens is 1. The summed E-state index contributed by atoms with van der Waals surface area (Å²) in [6.07, 6.45) is 4.63. The minimum absolute atomic E-state index is 0. The Morgan fingerprint density at radius 1 is 0.806 bits per heavy atom. The van der Waals surface area contributed by atoms with Gasteiger partial charge in [-0.05, 0) is 60.2 Å². The Morgan fingerprint density at radius 3 is 2.32 bits per heavy atom. The number of fused-ring (bicyclic) bond motifs is 4. The van der Waals surface area contributed by atoms with E-state index in [1.165, 1.54) is 32.9 Å². The lowest BCUT2D eigenvalue weighted by atomic mass is 9.99. The Bertz CT molecular complexity index is 1390. The summed E-state index contributed by atoms with van der Waals surface area (Å²) in [6.45, 7) is 3.15. The Hall–Kier alpha value is -3.24. The number of hydrogen-bond donors (Lipinski definition) is 0. The normalized spacial score (nSPS) is 11.1. The first-order valence-corrected chi connectivity index (χ1v) is 10.2. The van der Waals surface area contributed by atoms with E-state index in [-0.39, 0.29) is 12.4 Å². The lowest BCUT2D eigenvalue weighted by Gasteiger charge is -2.12. The van der Waals surface area contributed by atoms with Crippen molar-refractivity contribution in [3.05, 3.63) is 78.1 Å². The molecule has 2 heterocycles. The van der Waals surface area contributed by atoms with Gasteiger partial charge in [-0.25, -0.2) is 0 Å². The molecule has 5 rings (SSSR count). The number of aromatic nitrogens is 2. The lowest BCUT2D eigenvalue weighted by Crippen LogP contribution is -1.96. The number of methoxy groups -OCH3 is 2. The quantitative estimate of drug-likeness (QED) is 0.322. The Morgan fingerprint density at radius 2 is 1.55 bits per heavy atom. The summed E-state index contributed by atoms with van der Waals surface area (Å²) in [7, 11) is 3.32. The van der Waals surface area contributed by atoms with Gasteiger partial charge >= 0.3 is 0 Å². The van der Waals surface area contributed by atoms with Crippen molar-refractivity contribution in [1.29, 1.82) is 0 Å². The van der Waals surface area contributed by atoms with Crippen LogP contribution in [-0.2, 0) is 13.0 Å². The average molecular weight is 433 g/mol. The molecule has 0 aliphatic carbocycles. The molecule has 0 spiro atoms. The minimum Gasteiger partial charge on any atom is -0.493 e. The third-order valence-electron chi connectivity index (χ3n) is 5.89. The number of nitrogens with zero attached hydrogens (tertiary/aromatic N) is 2. The molecule has 0 saturated carbocycles. The van der Waals surface area contributed by atoms with Gasteiger partial charge in [-0.2, -0.15) is 0 Å². The molecule has 5 heteroatoms. The molecule has 0 aliphatic heterocycles. The van der Waals surface area contributed by atoms with Crippen molar-refractivity contribution in [1.82, 2.24) is 9.55 Å². The minimum atomic E-state index is 0. The number of hydrogen-bond acceptors (Lipinski definition) is 3. The zero-order valence-corrected chi connectivity index (χ0v) is 18.7. The van der Waals surface area contributed by atoms with Crippen molar-refractivity contribution in [2.45, 2.75) is 19.9 Å². The topological polar surface area (TPSA) is 36.3 Å². The van der Waals surface area contributed by atoms with Gasteiger partial charge < -0.3 is 14.0 Å². The molecule has 4 nitrogen and oxygen atoms in total. The first kappa shape index (κ1) is 21.0. The maximum Gasteiger partial charge on any atom is 0.161 e. The van der Waals surface area contributed by atoms with E-state index in [1.807, 2.05) is 24.5 Å². The third-order valence-corrected chi connectivity index (χ3v) is 5.89. The zero-order chi connectivity index (χ0) is 20.7. The Kier molecular flexibility index (Phi) is 5.75. The van der Waals surface area contributed by atoms with Gasteiger partial charge in [0.2, 0.25) is 0 Å². The fourth-order valence-electron chi connectivity index (χ4n) is 4.47. The summed E-state index contributed by atoms with van der Waals surface area (Å²) >= 11 is 0. The second-order valence-corrected chi connectivity index (χ2v) is 7.52. The summed E-state index contributed by atoms with van der Waals surface area (Å²) < 4.78 is 13.4. The van der Waals surface area contributed by atoms with Crippen LogP contribution in [-0.4, -0.2) is 23.8 Å². The van der Waals surface area contributed by atoms with E-state index in [2.05, 4.69) is 58.9 Å². The monoisotopic (exact) mass is 432 g/mol. The summed E-state index contributed by atoms with van der Waals surface area (Å²) in [6, 6.07) is 19.5. The highest BCUT2D eigenvalue weighted by molar-refractivity contribution is 6.08. The summed E-state index contributed by atoms with van der Waals surface area (Å²) in [4.78, 5) is 4.47. The van der Waals surface area contributed by atoms with Crippen LogP contribution in [0.25, 0.3) is 32.6 Å².